The summed E-state index contributed by atoms with van der Waals surface area (Å²) in [5.41, 5.74) is 4.92. The van der Waals surface area contributed by atoms with E-state index in [4.69, 9.17) is 9.72 Å². The van der Waals surface area contributed by atoms with Crippen LogP contribution in [-0.4, -0.2) is 34.6 Å². The molecule has 5 fully saturated rings. The molecule has 0 N–H and O–H groups in total. The Morgan fingerprint density at radius 2 is 1.94 bits per heavy atom. The average Bonchev–Trinajstić information content (AvgIpc) is 2.87. The first-order valence-electron chi connectivity index (χ1n) is 12.0. The van der Waals surface area contributed by atoms with Gasteiger partial charge in [-0.25, -0.2) is 0 Å². The highest BCUT2D eigenvalue weighted by atomic mass is 16.5. The molecule has 160 valence electrons. The fourth-order valence-electron chi connectivity index (χ4n) is 6.79. The molecule has 0 aliphatic carbocycles. The Balaban J connectivity index is 1.38. The molecule has 3 nitrogen and oxygen atoms in total. The predicted octanol–water partition coefficient (Wildman–Crippen LogP) is 6.37. The Hall–Kier alpha value is -2.75. The minimum absolute atomic E-state index is 0.0283. The Bertz CT molecular complexity index is 1340. The van der Waals surface area contributed by atoms with Crippen LogP contribution < -0.4 is 0 Å². The third-order valence-electron chi connectivity index (χ3n) is 8.47. The van der Waals surface area contributed by atoms with Crippen molar-refractivity contribution in [1.29, 1.82) is 0 Å². The molecule has 1 unspecified atom stereocenters. The summed E-state index contributed by atoms with van der Waals surface area (Å²) in [7, 11) is 0. The number of ether oxygens (including phenoxy) is 1. The van der Waals surface area contributed by atoms with Gasteiger partial charge in [-0.1, -0.05) is 55.5 Å². The topological polar surface area (TPSA) is 25.4 Å². The van der Waals surface area contributed by atoms with Crippen LogP contribution in [0.4, 0.5) is 0 Å². The summed E-state index contributed by atoms with van der Waals surface area (Å²) >= 11 is 0. The van der Waals surface area contributed by atoms with Crippen LogP contribution in [-0.2, 0) is 4.74 Å². The van der Waals surface area contributed by atoms with E-state index >= 15 is 0 Å². The van der Waals surface area contributed by atoms with Crippen LogP contribution in [0, 0.1) is 5.92 Å². The van der Waals surface area contributed by atoms with E-state index in [1.165, 1.54) is 52.2 Å². The van der Waals surface area contributed by atoms with Crippen molar-refractivity contribution in [3.63, 3.8) is 0 Å². The second kappa shape index (κ2) is 6.87. The second-order valence-electron chi connectivity index (χ2n) is 9.87. The van der Waals surface area contributed by atoms with E-state index in [9.17, 15) is 0 Å². The van der Waals surface area contributed by atoms with E-state index < -0.39 is 0 Å². The number of pyridine rings is 1. The molecule has 0 amide bonds. The normalized spacial score (nSPS) is 30.9. The van der Waals surface area contributed by atoms with Crippen molar-refractivity contribution in [2.75, 3.05) is 13.1 Å². The van der Waals surface area contributed by atoms with Crippen LogP contribution in [0.5, 0.6) is 0 Å². The van der Waals surface area contributed by atoms with E-state index in [0.29, 0.717) is 6.04 Å². The molecule has 4 bridgehead atoms. The fraction of sp³-hybridized carbons (Fsp3) is 0.345. The summed E-state index contributed by atoms with van der Waals surface area (Å²) in [4.78, 5) is 7.42. The maximum atomic E-state index is 7.00. The maximum absolute atomic E-state index is 7.00. The highest BCUT2D eigenvalue weighted by molar-refractivity contribution is 5.99. The van der Waals surface area contributed by atoms with Crippen molar-refractivity contribution in [2.24, 2.45) is 5.92 Å². The number of fused-ring (bicyclic) bond motifs is 4. The first kappa shape index (κ1) is 18.8. The molecule has 0 spiro atoms. The molecule has 5 aliphatic heterocycles. The summed E-state index contributed by atoms with van der Waals surface area (Å²) in [6, 6.07) is 24.7. The SMILES string of the molecule is CC[C@]12CN3CC[C@H]1C[C@@H]3[C@H](c1ccnc3ccc(-c4cccc5ccccc45)cc13)O2. The summed E-state index contributed by atoms with van der Waals surface area (Å²) < 4.78 is 7.00. The molecule has 32 heavy (non-hydrogen) atoms. The highest BCUT2D eigenvalue weighted by Crippen LogP contribution is 2.54. The fourth-order valence-corrected chi connectivity index (χ4v) is 6.79. The molecule has 5 aliphatic rings. The number of benzene rings is 3. The zero-order valence-corrected chi connectivity index (χ0v) is 18.5. The summed E-state index contributed by atoms with van der Waals surface area (Å²) in [6.07, 6.45) is 5.76. The van der Waals surface area contributed by atoms with Gasteiger partial charge in [0.2, 0.25) is 0 Å². The molecule has 5 saturated heterocycles. The molecule has 9 rings (SSSR count). The monoisotopic (exact) mass is 420 g/mol. The largest absolute Gasteiger partial charge is 0.364 e. The third-order valence-corrected chi connectivity index (χ3v) is 8.47. The third kappa shape index (κ3) is 2.58. The van der Waals surface area contributed by atoms with Crippen molar-refractivity contribution < 1.29 is 4.74 Å². The standard InChI is InChI=1S/C29H28N2O/c1-2-29-18-31-15-13-21(29)17-27(31)28(32-29)24-12-14-30-26-11-10-20(16-25(24)26)23-9-5-7-19-6-3-4-8-22(19)23/h3-12,14,16,21,27-28H,2,13,15,17-18H2,1H3/t21-,27+,28-,29-/m0/s1. The number of piperidine rings is 3. The number of rotatable bonds is 3. The summed E-state index contributed by atoms with van der Waals surface area (Å²) in [5, 5.41) is 3.80. The molecular weight excluding hydrogens is 392 g/mol. The molecule has 5 atom stereocenters. The van der Waals surface area contributed by atoms with E-state index in [1.807, 2.05) is 6.20 Å². The van der Waals surface area contributed by atoms with Gasteiger partial charge in [0.05, 0.1) is 17.2 Å². The van der Waals surface area contributed by atoms with Crippen molar-refractivity contribution in [3.8, 4) is 11.1 Å². The van der Waals surface area contributed by atoms with Gasteiger partial charge >= 0.3 is 0 Å². The smallest absolute Gasteiger partial charge is 0.0995 e. The lowest BCUT2D eigenvalue weighted by Gasteiger charge is -2.64. The first-order chi connectivity index (χ1) is 15.8. The Kier molecular flexibility index (Phi) is 4.03. The quantitative estimate of drug-likeness (QED) is 0.385. The van der Waals surface area contributed by atoms with Crippen LogP contribution in [0.2, 0.25) is 0 Å². The molecule has 3 aromatic carbocycles. The lowest BCUT2D eigenvalue weighted by molar-refractivity contribution is -0.274. The molecule has 1 aromatic heterocycles. The van der Waals surface area contributed by atoms with Crippen LogP contribution in [0.25, 0.3) is 32.8 Å². The van der Waals surface area contributed by atoms with Crippen molar-refractivity contribution in [2.45, 2.75) is 43.9 Å². The summed E-state index contributed by atoms with van der Waals surface area (Å²) in [5.74, 6) is 0.720. The van der Waals surface area contributed by atoms with Gasteiger partial charge in [-0.15, -0.1) is 0 Å². The van der Waals surface area contributed by atoms with Crippen molar-refractivity contribution >= 4 is 21.7 Å². The maximum Gasteiger partial charge on any atom is 0.0995 e. The Morgan fingerprint density at radius 3 is 2.81 bits per heavy atom. The van der Waals surface area contributed by atoms with Crippen LogP contribution >= 0.6 is 0 Å². The number of hydrogen-bond acceptors (Lipinski definition) is 3. The van der Waals surface area contributed by atoms with Gasteiger partial charge in [-0.2, -0.15) is 0 Å². The molecule has 4 aromatic rings. The molecule has 0 saturated carbocycles. The molecular formula is C29H28N2O. The zero-order valence-electron chi connectivity index (χ0n) is 18.5. The number of hydrogen-bond donors (Lipinski definition) is 0. The Morgan fingerprint density at radius 1 is 1.03 bits per heavy atom. The highest BCUT2D eigenvalue weighted by Gasteiger charge is 2.58. The summed E-state index contributed by atoms with van der Waals surface area (Å²) in [6.45, 7) is 4.64. The minimum atomic E-state index is 0.0283. The lowest BCUT2D eigenvalue weighted by atomic mass is 9.66. The first-order valence-corrected chi connectivity index (χ1v) is 12.0. The van der Waals surface area contributed by atoms with Gasteiger partial charge in [0.25, 0.3) is 0 Å². The molecule has 6 heterocycles. The van der Waals surface area contributed by atoms with Crippen molar-refractivity contribution in [3.05, 3.63) is 78.5 Å². The second-order valence-corrected chi connectivity index (χ2v) is 9.87. The predicted molar refractivity (Wildman–Crippen MR) is 130 cm³/mol. The van der Waals surface area contributed by atoms with Crippen LogP contribution in [0.1, 0.15) is 37.9 Å². The van der Waals surface area contributed by atoms with Gasteiger partial charge in [0, 0.05) is 24.2 Å². The number of morpholine rings is 1. The van der Waals surface area contributed by atoms with Crippen LogP contribution in [0.15, 0.2) is 72.9 Å². The van der Waals surface area contributed by atoms with E-state index in [0.717, 1.165) is 24.4 Å². The molecule has 0 radical (unpaired) electrons. The van der Waals surface area contributed by atoms with Gasteiger partial charge in [-0.05, 0) is 77.4 Å². The Labute approximate surface area is 189 Å². The average molecular weight is 421 g/mol. The lowest BCUT2D eigenvalue weighted by Crippen LogP contribution is -2.70. The van der Waals surface area contributed by atoms with Gasteiger partial charge in [0.1, 0.15) is 0 Å². The van der Waals surface area contributed by atoms with E-state index in [-0.39, 0.29) is 11.7 Å². The molecule has 3 heteroatoms. The van der Waals surface area contributed by atoms with Crippen LogP contribution in [0.3, 0.4) is 0 Å². The minimum Gasteiger partial charge on any atom is -0.364 e. The van der Waals surface area contributed by atoms with E-state index in [1.54, 1.807) is 0 Å². The van der Waals surface area contributed by atoms with E-state index in [2.05, 4.69) is 78.6 Å². The number of nitrogens with zero attached hydrogens (tertiary/aromatic N) is 2. The van der Waals surface area contributed by atoms with Crippen molar-refractivity contribution in [1.82, 2.24) is 9.88 Å². The van der Waals surface area contributed by atoms with Gasteiger partial charge in [0.15, 0.2) is 0 Å². The van der Waals surface area contributed by atoms with Gasteiger partial charge < -0.3 is 4.74 Å². The number of aromatic nitrogens is 1. The van der Waals surface area contributed by atoms with Gasteiger partial charge in [-0.3, -0.25) is 9.88 Å². The zero-order chi connectivity index (χ0) is 21.3.